The first-order valence-corrected chi connectivity index (χ1v) is 6.07. The minimum atomic E-state index is -0.436. The van der Waals surface area contributed by atoms with Crippen molar-refractivity contribution in [2.24, 2.45) is 5.73 Å². The number of carbonyl (C=O) groups is 1. The van der Waals surface area contributed by atoms with E-state index in [4.69, 9.17) is 10.5 Å². The van der Waals surface area contributed by atoms with Crippen LogP contribution in [0, 0.1) is 12.7 Å². The van der Waals surface area contributed by atoms with Crippen LogP contribution >= 0.6 is 0 Å². The lowest BCUT2D eigenvalue weighted by Crippen LogP contribution is -2.32. The van der Waals surface area contributed by atoms with Gasteiger partial charge in [0.25, 0.3) is 0 Å². The summed E-state index contributed by atoms with van der Waals surface area (Å²) in [4.78, 5) is 11.6. The monoisotopic (exact) mass is 251 g/mol. The number of halogens is 1. The minimum Gasteiger partial charge on any atom is -0.465 e. The lowest BCUT2D eigenvalue weighted by molar-refractivity contribution is 0.0599. The zero-order valence-corrected chi connectivity index (χ0v) is 10.9. The normalized spacial score (nSPS) is 18.3. The van der Waals surface area contributed by atoms with Gasteiger partial charge in [-0.3, -0.25) is 0 Å². The van der Waals surface area contributed by atoms with Gasteiger partial charge in [0, 0.05) is 11.5 Å². The Labute approximate surface area is 106 Å². The molecule has 0 amide bonds. The number of aryl methyl sites for hydroxylation is 1. The van der Waals surface area contributed by atoms with Gasteiger partial charge in [0.15, 0.2) is 0 Å². The Balaban J connectivity index is 2.52. The number of hydrogen-bond donors (Lipinski definition) is 1. The molecule has 0 bridgehead atoms. The van der Waals surface area contributed by atoms with Crippen molar-refractivity contribution in [1.29, 1.82) is 0 Å². The Bertz CT molecular complexity index is 493. The predicted octanol–water partition coefficient (Wildman–Crippen LogP) is 2.30. The summed E-state index contributed by atoms with van der Waals surface area (Å²) in [6.07, 6.45) is 1.73. The van der Waals surface area contributed by atoms with Gasteiger partial charge in [-0.25, -0.2) is 9.18 Å². The topological polar surface area (TPSA) is 52.3 Å². The van der Waals surface area contributed by atoms with Gasteiger partial charge in [-0.05, 0) is 49.9 Å². The van der Waals surface area contributed by atoms with E-state index in [0.717, 1.165) is 12.8 Å². The zero-order chi connectivity index (χ0) is 13.5. The van der Waals surface area contributed by atoms with Crippen LogP contribution in [0.4, 0.5) is 4.39 Å². The number of esters is 1. The van der Waals surface area contributed by atoms with Gasteiger partial charge >= 0.3 is 5.97 Å². The van der Waals surface area contributed by atoms with Crippen molar-refractivity contribution in [3.8, 4) is 0 Å². The molecule has 2 N–H and O–H groups in total. The molecule has 1 fully saturated rings. The standard InChI is InChI=1S/C14H18FNO2/c1-8-6-12(15)11(7-10(8)13(17)18-3)14(4-5-14)9(2)16/h6-7,9H,4-5,16H2,1-3H3. The molecule has 1 aliphatic rings. The van der Waals surface area contributed by atoms with Crippen molar-refractivity contribution in [1.82, 2.24) is 0 Å². The van der Waals surface area contributed by atoms with Gasteiger partial charge < -0.3 is 10.5 Å². The second-order valence-corrected chi connectivity index (χ2v) is 5.08. The Morgan fingerprint density at radius 2 is 2.11 bits per heavy atom. The number of methoxy groups -OCH3 is 1. The Morgan fingerprint density at radius 3 is 2.56 bits per heavy atom. The molecule has 98 valence electrons. The Kier molecular flexibility index (Phi) is 3.15. The molecule has 1 saturated carbocycles. The van der Waals surface area contributed by atoms with E-state index in [1.165, 1.54) is 13.2 Å². The molecular weight excluding hydrogens is 233 g/mol. The summed E-state index contributed by atoms with van der Waals surface area (Å²) >= 11 is 0. The van der Waals surface area contributed by atoms with Crippen LogP contribution in [0.3, 0.4) is 0 Å². The first-order chi connectivity index (χ1) is 8.42. The highest BCUT2D eigenvalue weighted by Crippen LogP contribution is 2.51. The molecule has 1 aliphatic carbocycles. The molecule has 2 rings (SSSR count). The summed E-state index contributed by atoms with van der Waals surface area (Å²) in [6, 6.07) is 2.87. The van der Waals surface area contributed by atoms with E-state index in [-0.39, 0.29) is 17.3 Å². The van der Waals surface area contributed by atoms with Crippen LogP contribution in [-0.4, -0.2) is 19.1 Å². The summed E-state index contributed by atoms with van der Waals surface area (Å²) in [6.45, 7) is 3.58. The smallest absolute Gasteiger partial charge is 0.338 e. The van der Waals surface area contributed by atoms with Crippen molar-refractivity contribution >= 4 is 5.97 Å². The average Bonchev–Trinajstić information content (AvgIpc) is 3.09. The van der Waals surface area contributed by atoms with Gasteiger partial charge in [0.2, 0.25) is 0 Å². The average molecular weight is 251 g/mol. The molecule has 0 heterocycles. The lowest BCUT2D eigenvalue weighted by atomic mass is 9.87. The van der Waals surface area contributed by atoms with Gasteiger partial charge in [-0.2, -0.15) is 0 Å². The van der Waals surface area contributed by atoms with Crippen molar-refractivity contribution in [3.63, 3.8) is 0 Å². The summed E-state index contributed by atoms with van der Waals surface area (Å²) < 4.78 is 18.8. The number of hydrogen-bond acceptors (Lipinski definition) is 3. The van der Waals surface area contributed by atoms with E-state index in [2.05, 4.69) is 0 Å². The maximum atomic E-state index is 14.1. The fraction of sp³-hybridized carbons (Fsp3) is 0.500. The predicted molar refractivity (Wildman–Crippen MR) is 67.0 cm³/mol. The molecule has 1 aromatic carbocycles. The van der Waals surface area contributed by atoms with Gasteiger partial charge in [-0.1, -0.05) is 0 Å². The molecule has 1 atom stereocenters. The molecule has 0 aromatic heterocycles. The summed E-state index contributed by atoms with van der Waals surface area (Å²) in [5, 5.41) is 0. The minimum absolute atomic E-state index is 0.125. The Hall–Kier alpha value is -1.42. The highest BCUT2D eigenvalue weighted by atomic mass is 19.1. The highest BCUT2D eigenvalue weighted by molar-refractivity contribution is 5.91. The summed E-state index contributed by atoms with van der Waals surface area (Å²) in [7, 11) is 1.32. The molecule has 1 aromatic rings. The Morgan fingerprint density at radius 1 is 1.50 bits per heavy atom. The molecule has 1 unspecified atom stereocenters. The molecule has 18 heavy (non-hydrogen) atoms. The quantitative estimate of drug-likeness (QED) is 0.839. The van der Waals surface area contributed by atoms with E-state index in [1.807, 2.05) is 6.92 Å². The van der Waals surface area contributed by atoms with Gasteiger partial charge in [0.1, 0.15) is 5.82 Å². The molecule has 0 aliphatic heterocycles. The molecule has 4 heteroatoms. The number of benzene rings is 1. The second kappa shape index (κ2) is 4.35. The molecular formula is C14H18FNO2. The SMILES string of the molecule is COC(=O)c1cc(C2(C(C)N)CC2)c(F)cc1C. The third-order valence-electron chi connectivity index (χ3n) is 3.92. The molecule has 0 saturated heterocycles. The molecule has 3 nitrogen and oxygen atoms in total. The molecule has 0 spiro atoms. The van der Waals surface area contributed by atoms with E-state index in [1.54, 1.807) is 13.0 Å². The number of carbonyl (C=O) groups excluding carboxylic acids is 1. The summed E-state index contributed by atoms with van der Waals surface area (Å²) in [5.41, 5.74) is 7.19. The third kappa shape index (κ3) is 1.90. The fourth-order valence-corrected chi connectivity index (χ4v) is 2.49. The van der Waals surface area contributed by atoms with E-state index >= 15 is 0 Å². The molecule has 0 radical (unpaired) electrons. The van der Waals surface area contributed by atoms with Crippen LogP contribution in [0.15, 0.2) is 12.1 Å². The number of nitrogens with two attached hydrogens (primary N) is 1. The lowest BCUT2D eigenvalue weighted by Gasteiger charge is -2.22. The maximum absolute atomic E-state index is 14.1. The van der Waals surface area contributed by atoms with E-state index in [9.17, 15) is 9.18 Å². The number of ether oxygens (including phenoxy) is 1. The van der Waals surface area contributed by atoms with Crippen molar-refractivity contribution < 1.29 is 13.9 Å². The van der Waals surface area contributed by atoms with Crippen molar-refractivity contribution in [2.75, 3.05) is 7.11 Å². The van der Waals surface area contributed by atoms with Crippen LogP contribution < -0.4 is 5.73 Å². The third-order valence-corrected chi connectivity index (χ3v) is 3.92. The van der Waals surface area contributed by atoms with Crippen LogP contribution in [-0.2, 0) is 10.2 Å². The van der Waals surface area contributed by atoms with E-state index < -0.39 is 5.97 Å². The first kappa shape index (κ1) is 13.0. The highest BCUT2D eigenvalue weighted by Gasteiger charge is 2.49. The van der Waals surface area contributed by atoms with Crippen LogP contribution in [0.2, 0.25) is 0 Å². The first-order valence-electron chi connectivity index (χ1n) is 6.07. The van der Waals surface area contributed by atoms with Crippen molar-refractivity contribution in [2.45, 2.75) is 38.1 Å². The summed E-state index contributed by atoms with van der Waals surface area (Å²) in [5.74, 6) is -0.718. The van der Waals surface area contributed by atoms with E-state index in [0.29, 0.717) is 16.7 Å². The van der Waals surface area contributed by atoms with Crippen LogP contribution in [0.1, 0.15) is 41.3 Å². The van der Waals surface area contributed by atoms with Gasteiger partial charge in [-0.15, -0.1) is 0 Å². The largest absolute Gasteiger partial charge is 0.465 e. The second-order valence-electron chi connectivity index (χ2n) is 5.08. The van der Waals surface area contributed by atoms with Crippen LogP contribution in [0.5, 0.6) is 0 Å². The number of rotatable bonds is 3. The maximum Gasteiger partial charge on any atom is 0.338 e. The fourth-order valence-electron chi connectivity index (χ4n) is 2.49. The van der Waals surface area contributed by atoms with Crippen LogP contribution in [0.25, 0.3) is 0 Å². The van der Waals surface area contributed by atoms with Gasteiger partial charge in [0.05, 0.1) is 12.7 Å². The zero-order valence-electron chi connectivity index (χ0n) is 10.9. The van der Waals surface area contributed by atoms with Crippen molar-refractivity contribution in [3.05, 3.63) is 34.6 Å².